The molecule has 0 fully saturated rings. The van der Waals surface area contributed by atoms with Gasteiger partial charge in [0.25, 0.3) is 0 Å². The molecule has 0 saturated heterocycles. The van der Waals surface area contributed by atoms with Crippen molar-refractivity contribution >= 4 is 16.5 Å². The second-order valence-electron chi connectivity index (χ2n) is 3.35. The minimum Gasteiger partial charge on any atom is -0.487 e. The Labute approximate surface area is 103 Å². The lowest BCUT2D eigenvalue weighted by atomic mass is 10.2. The van der Waals surface area contributed by atoms with Gasteiger partial charge in [-0.25, -0.2) is 0 Å². The maximum atomic E-state index is 9.16. The van der Waals surface area contributed by atoms with Crippen molar-refractivity contribution in [3.63, 3.8) is 0 Å². The van der Waals surface area contributed by atoms with E-state index in [9.17, 15) is 0 Å². The van der Waals surface area contributed by atoms with Crippen molar-refractivity contribution in [2.75, 3.05) is 12.4 Å². The molecule has 5 nitrogen and oxygen atoms in total. The number of hydrogen-bond donors (Lipinski definition) is 2. The van der Waals surface area contributed by atoms with Gasteiger partial charge in [-0.2, -0.15) is 0 Å². The summed E-state index contributed by atoms with van der Waals surface area (Å²) in [6.45, 7) is 0.300. The van der Waals surface area contributed by atoms with Gasteiger partial charge < -0.3 is 15.2 Å². The predicted octanol–water partition coefficient (Wildman–Crippen LogP) is 1.65. The average molecular weight is 251 g/mol. The molecule has 6 heteroatoms. The number of nitrogens with zero attached hydrogens (tertiary/aromatic N) is 2. The summed E-state index contributed by atoms with van der Waals surface area (Å²) in [5, 5.41) is 17.0. The summed E-state index contributed by atoms with van der Waals surface area (Å²) in [6, 6.07) is 7.38. The molecule has 1 heterocycles. The number of aliphatic hydroxyl groups excluding tert-OH is 1. The van der Waals surface area contributed by atoms with Gasteiger partial charge >= 0.3 is 0 Å². The fraction of sp³-hybridized carbons (Fsp3) is 0.273. The summed E-state index contributed by atoms with van der Waals surface area (Å²) in [5.41, 5.74) is 1.53. The number of benzene rings is 1. The molecule has 2 aromatic rings. The zero-order valence-corrected chi connectivity index (χ0v) is 10.2. The van der Waals surface area contributed by atoms with Crippen LogP contribution in [-0.4, -0.2) is 21.7 Å². The maximum absolute atomic E-state index is 9.16. The summed E-state index contributed by atoms with van der Waals surface area (Å²) < 4.78 is 9.47. The fourth-order valence-corrected chi connectivity index (χ4v) is 1.93. The fourth-order valence-electron chi connectivity index (χ4n) is 1.41. The molecule has 0 aliphatic carbocycles. The predicted molar refractivity (Wildman–Crippen MR) is 66.2 cm³/mol. The van der Waals surface area contributed by atoms with Crippen LogP contribution < -0.4 is 10.1 Å². The van der Waals surface area contributed by atoms with E-state index in [1.807, 2.05) is 31.3 Å². The Kier molecular flexibility index (Phi) is 3.89. The monoisotopic (exact) mass is 251 g/mol. The van der Waals surface area contributed by atoms with E-state index in [0.29, 0.717) is 12.4 Å². The molecular formula is C11H13N3O2S. The summed E-state index contributed by atoms with van der Waals surface area (Å²) in [6.07, 6.45) is 0. The lowest BCUT2D eigenvalue weighted by Crippen LogP contribution is -2.01. The van der Waals surface area contributed by atoms with Crippen molar-refractivity contribution in [1.82, 2.24) is 9.59 Å². The number of nitrogens with one attached hydrogen (secondary N) is 1. The highest BCUT2D eigenvalue weighted by Crippen LogP contribution is 2.22. The van der Waals surface area contributed by atoms with Crippen molar-refractivity contribution in [2.24, 2.45) is 0 Å². The zero-order valence-electron chi connectivity index (χ0n) is 9.38. The van der Waals surface area contributed by atoms with E-state index < -0.39 is 0 Å². The first-order valence-electron chi connectivity index (χ1n) is 5.15. The number of anilines is 1. The molecule has 0 aliphatic rings. The lowest BCUT2D eigenvalue weighted by Gasteiger charge is -2.08. The molecule has 2 N–H and O–H groups in total. The van der Waals surface area contributed by atoms with Crippen LogP contribution in [-0.2, 0) is 13.2 Å². The molecule has 17 heavy (non-hydrogen) atoms. The van der Waals surface area contributed by atoms with Gasteiger partial charge in [0.15, 0.2) is 0 Å². The normalized spacial score (nSPS) is 10.2. The van der Waals surface area contributed by atoms with E-state index in [1.165, 1.54) is 11.5 Å². The molecule has 0 spiro atoms. The third-order valence-electron chi connectivity index (χ3n) is 2.29. The van der Waals surface area contributed by atoms with E-state index in [0.717, 1.165) is 16.3 Å². The van der Waals surface area contributed by atoms with Gasteiger partial charge in [0, 0.05) is 24.1 Å². The molecule has 0 aliphatic heterocycles. The molecule has 2 rings (SSSR count). The lowest BCUT2D eigenvalue weighted by molar-refractivity contribution is 0.257. The number of aliphatic hydroxyl groups is 1. The molecule has 1 aromatic heterocycles. The Morgan fingerprint density at radius 2 is 2.24 bits per heavy atom. The maximum Gasteiger partial charge on any atom is 0.136 e. The van der Waals surface area contributed by atoms with Crippen LogP contribution in [0.3, 0.4) is 0 Å². The molecule has 0 unspecified atom stereocenters. The van der Waals surface area contributed by atoms with Gasteiger partial charge in [0.2, 0.25) is 0 Å². The molecule has 0 atom stereocenters. The van der Waals surface area contributed by atoms with Crippen molar-refractivity contribution in [1.29, 1.82) is 0 Å². The summed E-state index contributed by atoms with van der Waals surface area (Å²) in [5.74, 6) is 0.671. The number of aromatic nitrogens is 2. The molecule has 0 radical (unpaired) electrons. The Balaban J connectivity index is 2.07. The smallest absolute Gasteiger partial charge is 0.136 e. The van der Waals surface area contributed by atoms with Gasteiger partial charge in [0.05, 0.1) is 6.61 Å². The Morgan fingerprint density at radius 3 is 3.00 bits per heavy atom. The van der Waals surface area contributed by atoms with Crippen LogP contribution in [0.25, 0.3) is 0 Å². The van der Waals surface area contributed by atoms with E-state index in [4.69, 9.17) is 9.84 Å². The van der Waals surface area contributed by atoms with E-state index in [2.05, 4.69) is 14.9 Å². The third kappa shape index (κ3) is 2.72. The van der Waals surface area contributed by atoms with Crippen LogP contribution in [0.1, 0.15) is 11.3 Å². The van der Waals surface area contributed by atoms with Gasteiger partial charge in [-0.15, -0.1) is 5.10 Å². The highest BCUT2D eigenvalue weighted by Gasteiger charge is 2.08. The minimum atomic E-state index is -0.0373. The number of rotatable bonds is 5. The van der Waals surface area contributed by atoms with Crippen LogP contribution in [0, 0.1) is 0 Å². The van der Waals surface area contributed by atoms with Gasteiger partial charge in [-0.1, -0.05) is 22.7 Å². The molecule has 0 amide bonds. The number of hydrogen-bond acceptors (Lipinski definition) is 6. The molecule has 0 bridgehead atoms. The standard InChI is InChI=1S/C11H13N3O2S/c1-12-11-9(13-14-17-11)7-16-10-5-3-2-4-8(10)6-15/h2-5,12,15H,6-7H2,1H3. The Morgan fingerprint density at radius 1 is 1.41 bits per heavy atom. The molecular weight excluding hydrogens is 238 g/mol. The Bertz CT molecular complexity index is 487. The van der Waals surface area contributed by atoms with Crippen LogP contribution in [0.15, 0.2) is 24.3 Å². The molecule has 1 aromatic carbocycles. The van der Waals surface area contributed by atoms with Gasteiger partial charge in [-0.3, -0.25) is 0 Å². The van der Waals surface area contributed by atoms with Gasteiger partial charge in [-0.05, 0) is 6.07 Å². The van der Waals surface area contributed by atoms with Crippen LogP contribution in [0.5, 0.6) is 5.75 Å². The Hall–Kier alpha value is -1.66. The number of para-hydroxylation sites is 1. The SMILES string of the molecule is CNc1snnc1COc1ccccc1CO. The summed E-state index contributed by atoms with van der Waals surface area (Å²) in [4.78, 5) is 0. The molecule has 0 saturated carbocycles. The van der Waals surface area contributed by atoms with Crippen molar-refractivity contribution in [3.8, 4) is 5.75 Å². The second kappa shape index (κ2) is 5.60. The van der Waals surface area contributed by atoms with Gasteiger partial charge in [0.1, 0.15) is 23.1 Å². The summed E-state index contributed by atoms with van der Waals surface area (Å²) >= 11 is 1.29. The number of ether oxygens (including phenoxy) is 1. The second-order valence-corrected chi connectivity index (χ2v) is 4.11. The van der Waals surface area contributed by atoms with Crippen LogP contribution in [0.2, 0.25) is 0 Å². The highest BCUT2D eigenvalue weighted by atomic mass is 32.1. The van der Waals surface area contributed by atoms with Crippen LogP contribution >= 0.6 is 11.5 Å². The van der Waals surface area contributed by atoms with E-state index >= 15 is 0 Å². The first-order chi connectivity index (χ1) is 8.35. The first-order valence-corrected chi connectivity index (χ1v) is 5.93. The van der Waals surface area contributed by atoms with E-state index in [-0.39, 0.29) is 6.61 Å². The van der Waals surface area contributed by atoms with Crippen molar-refractivity contribution in [3.05, 3.63) is 35.5 Å². The quantitative estimate of drug-likeness (QED) is 0.845. The summed E-state index contributed by atoms with van der Waals surface area (Å²) in [7, 11) is 1.82. The first kappa shape index (κ1) is 11.8. The molecule has 90 valence electrons. The van der Waals surface area contributed by atoms with Crippen molar-refractivity contribution < 1.29 is 9.84 Å². The minimum absolute atomic E-state index is 0.0373. The highest BCUT2D eigenvalue weighted by molar-refractivity contribution is 7.10. The van der Waals surface area contributed by atoms with Crippen LogP contribution in [0.4, 0.5) is 5.00 Å². The average Bonchev–Trinajstić information content (AvgIpc) is 2.84. The van der Waals surface area contributed by atoms with Crippen molar-refractivity contribution in [2.45, 2.75) is 13.2 Å². The third-order valence-corrected chi connectivity index (χ3v) is 3.08. The zero-order chi connectivity index (χ0) is 12.1. The van der Waals surface area contributed by atoms with E-state index in [1.54, 1.807) is 0 Å². The largest absolute Gasteiger partial charge is 0.487 e. The topological polar surface area (TPSA) is 67.3 Å².